The lowest BCUT2D eigenvalue weighted by Gasteiger charge is -2.16. The summed E-state index contributed by atoms with van der Waals surface area (Å²) in [6.07, 6.45) is 4.92. The van der Waals surface area contributed by atoms with E-state index in [1.165, 1.54) is 11.1 Å². The molecule has 1 fully saturated rings. The van der Waals surface area contributed by atoms with Gasteiger partial charge >= 0.3 is 0 Å². The standard InChI is InChI=1S/C31H35N5O/c1-20-8-9-25(30(37)34-27-11-12-27)17-28(20)24-10-13-29-26(16-24)18-32-31(35-29)33-21(2)14-22-6-5-7-23(15-22)19-36(3)4/h5-10,13,15-18,21,27H,11-12,14,19H2,1-4H3,(H,34,37)(H,32,33,35). The van der Waals surface area contributed by atoms with Gasteiger partial charge in [0.2, 0.25) is 5.95 Å². The Labute approximate surface area is 219 Å². The molecular formula is C31H35N5O. The molecule has 6 heteroatoms. The maximum Gasteiger partial charge on any atom is 0.251 e. The molecule has 1 saturated carbocycles. The van der Waals surface area contributed by atoms with Crippen LogP contribution in [0.3, 0.4) is 0 Å². The lowest BCUT2D eigenvalue weighted by atomic mass is 9.97. The highest BCUT2D eigenvalue weighted by molar-refractivity contribution is 5.96. The molecule has 0 bridgehead atoms. The molecule has 1 aromatic heterocycles. The van der Waals surface area contributed by atoms with Crippen LogP contribution in [0.25, 0.3) is 22.0 Å². The molecule has 1 heterocycles. The second-order valence-corrected chi connectivity index (χ2v) is 10.6. The van der Waals surface area contributed by atoms with E-state index >= 15 is 0 Å². The van der Waals surface area contributed by atoms with Gasteiger partial charge in [0.1, 0.15) is 0 Å². The van der Waals surface area contributed by atoms with Gasteiger partial charge in [0, 0.05) is 35.8 Å². The van der Waals surface area contributed by atoms with Gasteiger partial charge in [0.05, 0.1) is 5.52 Å². The first-order chi connectivity index (χ1) is 17.8. The van der Waals surface area contributed by atoms with Crippen LogP contribution >= 0.6 is 0 Å². The Bertz CT molecular complexity index is 1430. The molecule has 5 rings (SSSR count). The van der Waals surface area contributed by atoms with E-state index in [9.17, 15) is 4.79 Å². The Morgan fingerprint density at radius 2 is 1.86 bits per heavy atom. The molecule has 37 heavy (non-hydrogen) atoms. The number of carbonyl (C=O) groups is 1. The lowest BCUT2D eigenvalue weighted by molar-refractivity contribution is 0.0951. The average Bonchev–Trinajstić information content (AvgIpc) is 3.68. The van der Waals surface area contributed by atoms with E-state index in [0.717, 1.165) is 53.4 Å². The molecule has 190 valence electrons. The fraction of sp³-hybridized carbons (Fsp3) is 0.323. The maximum atomic E-state index is 12.6. The summed E-state index contributed by atoms with van der Waals surface area (Å²) in [6.45, 7) is 5.16. The lowest BCUT2D eigenvalue weighted by Crippen LogP contribution is -2.25. The molecular weight excluding hydrogens is 458 g/mol. The van der Waals surface area contributed by atoms with Crippen molar-refractivity contribution in [3.05, 3.63) is 89.1 Å². The SMILES string of the molecule is Cc1ccc(C(=O)NC2CC2)cc1-c1ccc2nc(NC(C)Cc3cccc(CN(C)C)c3)ncc2c1. The molecule has 2 N–H and O–H groups in total. The van der Waals surface area contributed by atoms with Gasteiger partial charge in [-0.05, 0) is 99.3 Å². The van der Waals surface area contributed by atoms with Crippen LogP contribution in [0.1, 0.15) is 46.8 Å². The third kappa shape index (κ3) is 6.33. The Morgan fingerprint density at radius 3 is 2.65 bits per heavy atom. The molecule has 1 aliphatic rings. The van der Waals surface area contributed by atoms with Crippen LogP contribution in [0, 0.1) is 6.92 Å². The van der Waals surface area contributed by atoms with E-state index in [0.29, 0.717) is 17.6 Å². The van der Waals surface area contributed by atoms with Crippen LogP contribution in [0.15, 0.2) is 66.9 Å². The van der Waals surface area contributed by atoms with Crippen molar-refractivity contribution in [2.24, 2.45) is 0 Å². The smallest absolute Gasteiger partial charge is 0.251 e. The van der Waals surface area contributed by atoms with Crippen molar-refractivity contribution in [2.75, 3.05) is 19.4 Å². The Hall–Kier alpha value is -3.77. The molecule has 0 radical (unpaired) electrons. The van der Waals surface area contributed by atoms with Crippen molar-refractivity contribution in [1.29, 1.82) is 0 Å². The van der Waals surface area contributed by atoms with Gasteiger partial charge < -0.3 is 15.5 Å². The summed E-state index contributed by atoms with van der Waals surface area (Å²) in [4.78, 5) is 24.1. The second-order valence-electron chi connectivity index (χ2n) is 10.6. The van der Waals surface area contributed by atoms with Crippen LogP contribution < -0.4 is 10.6 Å². The predicted molar refractivity (Wildman–Crippen MR) is 151 cm³/mol. The van der Waals surface area contributed by atoms with Gasteiger partial charge in [-0.3, -0.25) is 4.79 Å². The van der Waals surface area contributed by atoms with Gasteiger partial charge in [0.15, 0.2) is 0 Å². The van der Waals surface area contributed by atoms with Crippen molar-refractivity contribution in [2.45, 2.75) is 51.7 Å². The number of hydrogen-bond donors (Lipinski definition) is 2. The zero-order valence-electron chi connectivity index (χ0n) is 22.1. The summed E-state index contributed by atoms with van der Waals surface area (Å²) in [6, 6.07) is 21.4. The second kappa shape index (κ2) is 10.7. The van der Waals surface area contributed by atoms with Gasteiger partial charge in [-0.2, -0.15) is 0 Å². The molecule has 4 aromatic rings. The fourth-order valence-corrected chi connectivity index (χ4v) is 4.69. The molecule has 0 saturated heterocycles. The van der Waals surface area contributed by atoms with Crippen LogP contribution in [0.4, 0.5) is 5.95 Å². The predicted octanol–water partition coefficient (Wildman–Crippen LogP) is 5.60. The number of carbonyl (C=O) groups excluding carboxylic acids is 1. The van der Waals surface area contributed by atoms with Gasteiger partial charge in [0.25, 0.3) is 5.91 Å². The molecule has 1 amide bonds. The Kier molecular flexibility index (Phi) is 7.19. The first kappa shape index (κ1) is 24.9. The normalized spacial score (nSPS) is 14.1. The number of aromatic nitrogens is 2. The van der Waals surface area contributed by atoms with Crippen molar-refractivity contribution < 1.29 is 4.79 Å². The summed E-state index contributed by atoms with van der Waals surface area (Å²) in [5, 5.41) is 7.51. The Balaban J connectivity index is 1.30. The minimum Gasteiger partial charge on any atom is -0.351 e. The van der Waals surface area contributed by atoms with Crippen molar-refractivity contribution in [3.63, 3.8) is 0 Å². The van der Waals surface area contributed by atoms with Crippen LogP contribution in [0.2, 0.25) is 0 Å². The third-order valence-corrected chi connectivity index (χ3v) is 6.71. The third-order valence-electron chi connectivity index (χ3n) is 6.71. The number of aryl methyl sites for hydroxylation is 1. The largest absolute Gasteiger partial charge is 0.351 e. The van der Waals surface area contributed by atoms with Gasteiger partial charge in [-0.25, -0.2) is 9.97 Å². The summed E-state index contributed by atoms with van der Waals surface area (Å²) < 4.78 is 0. The first-order valence-corrected chi connectivity index (χ1v) is 13.0. The number of rotatable bonds is 9. The molecule has 0 aliphatic heterocycles. The number of nitrogens with one attached hydrogen (secondary N) is 2. The molecule has 6 nitrogen and oxygen atoms in total. The molecule has 0 spiro atoms. The van der Waals surface area contributed by atoms with Gasteiger partial charge in [-0.1, -0.05) is 36.4 Å². The molecule has 1 unspecified atom stereocenters. The van der Waals surface area contributed by atoms with E-state index in [2.05, 4.69) is 84.9 Å². The van der Waals surface area contributed by atoms with E-state index in [1.54, 1.807) is 0 Å². The average molecular weight is 494 g/mol. The number of nitrogens with zero attached hydrogens (tertiary/aromatic N) is 3. The number of hydrogen-bond acceptors (Lipinski definition) is 5. The van der Waals surface area contributed by atoms with Crippen molar-refractivity contribution in [1.82, 2.24) is 20.2 Å². The van der Waals surface area contributed by atoms with Crippen molar-refractivity contribution >= 4 is 22.8 Å². The molecule has 1 aliphatic carbocycles. The fourth-order valence-electron chi connectivity index (χ4n) is 4.69. The summed E-state index contributed by atoms with van der Waals surface area (Å²) in [5.74, 6) is 0.634. The highest BCUT2D eigenvalue weighted by Gasteiger charge is 2.24. The highest BCUT2D eigenvalue weighted by Crippen LogP contribution is 2.28. The summed E-state index contributed by atoms with van der Waals surface area (Å²) >= 11 is 0. The number of amides is 1. The monoisotopic (exact) mass is 493 g/mol. The van der Waals surface area contributed by atoms with Crippen LogP contribution in [-0.2, 0) is 13.0 Å². The number of anilines is 1. The van der Waals surface area contributed by atoms with Crippen molar-refractivity contribution in [3.8, 4) is 11.1 Å². The topological polar surface area (TPSA) is 70.2 Å². The minimum atomic E-state index is 0.00198. The number of fused-ring (bicyclic) bond motifs is 1. The minimum absolute atomic E-state index is 0.00198. The first-order valence-electron chi connectivity index (χ1n) is 13.0. The van der Waals surface area contributed by atoms with E-state index in [1.807, 2.05) is 30.5 Å². The zero-order valence-corrected chi connectivity index (χ0v) is 22.1. The van der Waals surface area contributed by atoms with Crippen LogP contribution in [0.5, 0.6) is 0 Å². The maximum absolute atomic E-state index is 12.6. The Morgan fingerprint density at radius 1 is 1.05 bits per heavy atom. The molecule has 1 atom stereocenters. The highest BCUT2D eigenvalue weighted by atomic mass is 16.1. The van der Waals surface area contributed by atoms with E-state index in [-0.39, 0.29) is 11.9 Å². The van der Waals surface area contributed by atoms with Gasteiger partial charge in [-0.15, -0.1) is 0 Å². The molecule has 3 aromatic carbocycles. The quantitative estimate of drug-likeness (QED) is 0.318. The summed E-state index contributed by atoms with van der Waals surface area (Å²) in [7, 11) is 4.17. The number of benzene rings is 3. The van der Waals surface area contributed by atoms with Crippen LogP contribution in [-0.4, -0.2) is 47.0 Å². The zero-order chi connectivity index (χ0) is 25.9. The van der Waals surface area contributed by atoms with E-state index in [4.69, 9.17) is 4.98 Å². The van der Waals surface area contributed by atoms with E-state index < -0.39 is 0 Å². The summed E-state index contributed by atoms with van der Waals surface area (Å²) in [5.41, 5.74) is 7.44.